The van der Waals surface area contributed by atoms with Crippen LogP contribution in [0.1, 0.15) is 108 Å². The molecule has 2 aromatic carbocycles. The number of aldehydes is 1. The first-order valence-corrected chi connectivity index (χ1v) is 19.8. The Labute approximate surface area is 321 Å². The summed E-state index contributed by atoms with van der Waals surface area (Å²) in [6.07, 6.45) is 3.15. The van der Waals surface area contributed by atoms with Crippen molar-refractivity contribution in [1.82, 2.24) is 20.4 Å². The van der Waals surface area contributed by atoms with E-state index in [1.54, 1.807) is 31.2 Å². The fraction of sp³-hybridized carbons (Fsp3) is 0.447. The average molecular weight is 784 g/mol. The van der Waals surface area contributed by atoms with E-state index in [-0.39, 0.29) is 72.6 Å². The molecule has 0 spiro atoms. The molecule has 0 radical (unpaired) electrons. The van der Waals surface area contributed by atoms with Crippen LogP contribution in [0.5, 0.6) is 11.5 Å². The number of aliphatic hydroxyl groups is 1. The third-order valence-corrected chi connectivity index (χ3v) is 8.39. The summed E-state index contributed by atoms with van der Waals surface area (Å²) in [6.45, 7) is 7.18. The summed E-state index contributed by atoms with van der Waals surface area (Å²) in [5.74, 6) is -3.94. The first-order valence-electron chi connectivity index (χ1n) is 18.5. The molecule has 4 aliphatic rings. The molecular formula is C38H47N4O12P. The lowest BCUT2D eigenvalue weighted by molar-refractivity contribution is -0.137. The summed E-state index contributed by atoms with van der Waals surface area (Å²) in [5.41, 5.74) is 0.612. The molecule has 0 aliphatic carbocycles. The molecule has 4 heterocycles. The number of hydrogen-bond acceptors (Lipinski definition) is 12. The molecule has 2 aromatic rings. The number of rotatable bonds is 12. The molecule has 17 heteroatoms. The van der Waals surface area contributed by atoms with Crippen LogP contribution in [0, 0.1) is 0 Å². The Hall–Kier alpha value is -5.34. The molecule has 16 nitrogen and oxygen atoms in total. The van der Waals surface area contributed by atoms with Crippen LogP contribution in [-0.4, -0.2) is 114 Å². The van der Waals surface area contributed by atoms with E-state index in [0.717, 1.165) is 24.7 Å². The first-order chi connectivity index (χ1) is 26.9. The molecule has 4 aliphatic heterocycles. The van der Waals surface area contributed by atoms with Crippen LogP contribution in [-0.2, 0) is 24.0 Å². The second kappa shape index (κ2) is 21.5. The van der Waals surface area contributed by atoms with Gasteiger partial charge < -0.3 is 19.4 Å². The fourth-order valence-corrected chi connectivity index (χ4v) is 5.95. The lowest BCUT2D eigenvalue weighted by Gasteiger charge is -2.27. The number of nitrogens with zero attached hydrogens (tertiary/aromatic N) is 2. The maximum Gasteiger partial charge on any atom is 0.266 e. The smallest absolute Gasteiger partial charge is 0.266 e. The van der Waals surface area contributed by atoms with E-state index in [1.165, 1.54) is 12.1 Å². The number of nitrogens with one attached hydrogen (secondary N) is 2. The molecule has 0 aromatic heterocycles. The predicted molar refractivity (Wildman–Crippen MR) is 200 cm³/mol. The zero-order valence-corrected chi connectivity index (χ0v) is 32.0. The summed E-state index contributed by atoms with van der Waals surface area (Å²) in [4.78, 5) is 109. The molecule has 0 saturated carbocycles. The second-order valence-corrected chi connectivity index (χ2v) is 13.2. The van der Waals surface area contributed by atoms with Crippen molar-refractivity contribution in [3.05, 3.63) is 58.7 Å². The number of unbranched alkanes of at least 4 members (excludes halogenated alkanes) is 2. The minimum absolute atomic E-state index is 0.0525. The number of fused-ring (bicyclic) bond motifs is 2. The molecule has 3 N–H and O–H groups in total. The van der Waals surface area contributed by atoms with Gasteiger partial charge in [0.05, 0.1) is 35.5 Å². The molecule has 2 atom stereocenters. The van der Waals surface area contributed by atoms with E-state index < -0.39 is 59.3 Å². The van der Waals surface area contributed by atoms with Crippen molar-refractivity contribution in [1.29, 1.82) is 0 Å². The number of benzene rings is 2. The van der Waals surface area contributed by atoms with Crippen LogP contribution in [0.15, 0.2) is 36.4 Å². The van der Waals surface area contributed by atoms with Gasteiger partial charge >= 0.3 is 0 Å². The Bertz CT molecular complexity index is 1820. The molecule has 6 rings (SSSR count). The highest BCUT2D eigenvalue weighted by Gasteiger charge is 2.47. The van der Waals surface area contributed by atoms with E-state index in [1.807, 2.05) is 0 Å². The van der Waals surface area contributed by atoms with Gasteiger partial charge in [0.25, 0.3) is 23.6 Å². The third kappa shape index (κ3) is 10.5. The van der Waals surface area contributed by atoms with Crippen molar-refractivity contribution in [3.63, 3.8) is 0 Å². The highest BCUT2D eigenvalue weighted by molar-refractivity contribution is 7.35. The van der Waals surface area contributed by atoms with E-state index in [2.05, 4.69) is 24.0 Å². The van der Waals surface area contributed by atoms with Crippen molar-refractivity contribution < 1.29 is 59.1 Å². The van der Waals surface area contributed by atoms with E-state index in [9.17, 15) is 43.2 Å². The number of ether oxygens (including phenoxy) is 2. The zero-order valence-electron chi connectivity index (χ0n) is 32.0. The molecule has 2 unspecified atom stereocenters. The first kappa shape index (κ1) is 42.4. The number of aliphatic hydroxyl groups excluding tert-OH is 1. The quantitative estimate of drug-likeness (QED) is 0.122. The Morgan fingerprint density at radius 1 is 0.745 bits per heavy atom. The van der Waals surface area contributed by atoms with Gasteiger partial charge in [-0.3, -0.25) is 58.8 Å². The second-order valence-electron chi connectivity index (χ2n) is 12.2. The lowest BCUT2D eigenvalue weighted by Crippen LogP contribution is -2.54. The number of carbonyl (C=O) groups excluding carboxylic acids is 9. The van der Waals surface area contributed by atoms with Crippen LogP contribution < -0.4 is 20.1 Å². The minimum Gasteiger partial charge on any atom is -0.493 e. The molecule has 8 amide bonds. The summed E-state index contributed by atoms with van der Waals surface area (Å²) in [7, 11) is 1.08. The topological polar surface area (TPSA) is 223 Å². The van der Waals surface area contributed by atoms with Gasteiger partial charge in [-0.25, -0.2) is 0 Å². The summed E-state index contributed by atoms with van der Waals surface area (Å²) < 4.78 is 17.3. The Morgan fingerprint density at radius 2 is 1.16 bits per heavy atom. The number of piperidine rings is 2. The normalized spacial score (nSPS) is 18.7. The van der Waals surface area contributed by atoms with Crippen LogP contribution >= 0.6 is 8.58 Å². The Balaban J connectivity index is 0.000000264. The largest absolute Gasteiger partial charge is 0.493 e. The van der Waals surface area contributed by atoms with Gasteiger partial charge in [-0.05, 0) is 69.7 Å². The summed E-state index contributed by atoms with van der Waals surface area (Å²) >= 11 is 0. The Kier molecular flexibility index (Phi) is 16.6. The summed E-state index contributed by atoms with van der Waals surface area (Å²) in [5, 5.41) is 13.1. The predicted octanol–water partition coefficient (Wildman–Crippen LogP) is 2.64. The highest BCUT2D eigenvalue weighted by Crippen LogP contribution is 2.35. The zero-order chi connectivity index (χ0) is 41.4. The van der Waals surface area contributed by atoms with Crippen LogP contribution in [0.4, 0.5) is 0 Å². The van der Waals surface area contributed by atoms with Gasteiger partial charge in [-0.1, -0.05) is 26.0 Å². The highest BCUT2D eigenvalue weighted by atomic mass is 31.1. The fourth-order valence-electron chi connectivity index (χ4n) is 5.95. The van der Waals surface area contributed by atoms with E-state index in [0.29, 0.717) is 39.2 Å². The van der Waals surface area contributed by atoms with Crippen molar-refractivity contribution in [3.8, 4) is 11.5 Å². The molecule has 2 saturated heterocycles. The monoisotopic (exact) mass is 783 g/mol. The molecule has 2 fully saturated rings. The van der Waals surface area contributed by atoms with Gasteiger partial charge in [-0.2, -0.15) is 0 Å². The number of hydrogen-bond donors (Lipinski definition) is 3. The van der Waals surface area contributed by atoms with Crippen molar-refractivity contribution in [2.45, 2.75) is 77.3 Å². The lowest BCUT2D eigenvalue weighted by atomic mass is 10.0. The van der Waals surface area contributed by atoms with Crippen LogP contribution in [0.3, 0.4) is 0 Å². The Morgan fingerprint density at radius 3 is 1.55 bits per heavy atom. The van der Waals surface area contributed by atoms with Gasteiger partial charge in [-0.15, -0.1) is 8.58 Å². The number of amides is 8. The van der Waals surface area contributed by atoms with Gasteiger partial charge in [0.15, 0.2) is 0 Å². The van der Waals surface area contributed by atoms with Gasteiger partial charge in [0.1, 0.15) is 29.9 Å². The third-order valence-electron chi connectivity index (χ3n) is 8.39. The van der Waals surface area contributed by atoms with Crippen molar-refractivity contribution >= 4 is 62.1 Å². The van der Waals surface area contributed by atoms with Crippen LogP contribution in [0.2, 0.25) is 0 Å². The molecular weight excluding hydrogens is 735 g/mol. The maximum atomic E-state index is 12.8. The van der Waals surface area contributed by atoms with Crippen molar-refractivity contribution in [2.75, 3.05) is 33.2 Å². The molecule has 296 valence electrons. The molecule has 55 heavy (non-hydrogen) atoms. The minimum atomic E-state index is -1.01. The maximum absolute atomic E-state index is 12.8. The van der Waals surface area contributed by atoms with E-state index >= 15 is 0 Å². The number of carbonyl (C=O) groups is 9. The SMILES string of the molecule is CPC.O=C1CCC(N2C(=O)c3cccc(OCCCCO)c3C2=O)C(=O)N1.O=CCCCOc1cccc2c1C(=O)N(C1CCC(=O)NC1=O)C2=O.[2H]CC. The van der Waals surface area contributed by atoms with Gasteiger partial charge in [0.2, 0.25) is 23.6 Å². The van der Waals surface area contributed by atoms with E-state index in [4.69, 9.17) is 16.0 Å². The van der Waals surface area contributed by atoms with Crippen molar-refractivity contribution in [2.24, 2.45) is 0 Å². The standard InChI is InChI=1S/C17H18N2O6.C17H16N2O6.C2H7P.C2H6/c2*20-8-1-2-9-25-12-5-3-4-10-14(12)17(24)19(16(10)23)11-6-7-13(21)18-15(11)22;1-3-2;1-2/h3-5,11,20H,1-2,6-9H2,(H,18,21,22);3-5,8,11H,1-2,6-7,9H2,(H,18,21,22);3H,1-2H3;1-2H3/i;;;1D. The summed E-state index contributed by atoms with van der Waals surface area (Å²) in [6, 6.07) is 7.38. The van der Waals surface area contributed by atoms with Gasteiger partial charge in [0, 0.05) is 27.2 Å². The average Bonchev–Trinajstić information content (AvgIpc) is 3.57. The molecule has 0 bridgehead atoms. The number of imide groups is 4. The van der Waals surface area contributed by atoms with Crippen LogP contribution in [0.25, 0.3) is 0 Å².